The number of benzene rings is 1. The summed E-state index contributed by atoms with van der Waals surface area (Å²) in [5.74, 6) is 2.15. The lowest BCUT2D eigenvalue weighted by atomic mass is 9.89. The highest BCUT2D eigenvalue weighted by Crippen LogP contribution is 2.34. The lowest BCUT2D eigenvalue weighted by molar-refractivity contribution is -0.116. The number of carbonyl (C=O) groups is 1. The average Bonchev–Trinajstić information content (AvgIpc) is 3.19. The monoisotopic (exact) mass is 370 g/mol. The number of hydrogen-bond donors (Lipinski definition) is 0. The Kier molecular flexibility index (Phi) is 5.02. The third kappa shape index (κ3) is 3.27. The summed E-state index contributed by atoms with van der Waals surface area (Å²) in [6, 6.07) is 8.43. The van der Waals surface area contributed by atoms with E-state index in [0.717, 1.165) is 23.1 Å². The van der Waals surface area contributed by atoms with Crippen LogP contribution < -0.4 is 4.90 Å². The molecule has 1 fully saturated rings. The first-order valence-electron chi connectivity index (χ1n) is 9.57. The molecule has 4 rings (SSSR count). The van der Waals surface area contributed by atoms with E-state index in [1.165, 1.54) is 49.4 Å². The van der Waals surface area contributed by atoms with Crippen LogP contribution in [0.25, 0.3) is 0 Å². The van der Waals surface area contributed by atoms with Crippen molar-refractivity contribution in [1.82, 2.24) is 14.8 Å². The summed E-state index contributed by atoms with van der Waals surface area (Å²) >= 11 is 1.50. The van der Waals surface area contributed by atoms with Crippen LogP contribution in [0.3, 0.4) is 0 Å². The normalized spacial score (nSPS) is 20.4. The van der Waals surface area contributed by atoms with Crippen molar-refractivity contribution in [1.29, 1.82) is 0 Å². The standard InChI is InChI=1S/C20H26N4OS/c1-14-12-16-10-6-7-11-17(16)24(14)18(25)13-26-20-22-21-19(23(20)2)15-8-4-3-5-9-15/h6-7,10-11,14-15H,3-5,8-9,12-13H2,1-2H3/t14-/m0/s1. The quantitative estimate of drug-likeness (QED) is 0.765. The highest BCUT2D eigenvalue weighted by molar-refractivity contribution is 7.99. The van der Waals surface area contributed by atoms with Gasteiger partial charge in [0.05, 0.1) is 5.75 Å². The molecule has 1 atom stereocenters. The van der Waals surface area contributed by atoms with Gasteiger partial charge >= 0.3 is 0 Å². The van der Waals surface area contributed by atoms with Gasteiger partial charge in [-0.1, -0.05) is 49.2 Å². The van der Waals surface area contributed by atoms with Gasteiger partial charge in [-0.3, -0.25) is 4.79 Å². The Morgan fingerprint density at radius 1 is 1.19 bits per heavy atom. The summed E-state index contributed by atoms with van der Waals surface area (Å²) in [6.07, 6.45) is 7.24. The highest BCUT2D eigenvalue weighted by atomic mass is 32.2. The number of amides is 1. The van der Waals surface area contributed by atoms with Crippen LogP contribution in [0.4, 0.5) is 5.69 Å². The fraction of sp³-hybridized carbons (Fsp3) is 0.550. The number of rotatable bonds is 4. The lowest BCUT2D eigenvalue weighted by Crippen LogP contribution is -2.37. The van der Waals surface area contributed by atoms with E-state index in [-0.39, 0.29) is 11.9 Å². The van der Waals surface area contributed by atoms with Crippen LogP contribution in [0.15, 0.2) is 29.4 Å². The third-order valence-corrected chi connectivity index (χ3v) is 6.64. The van der Waals surface area contributed by atoms with E-state index in [1.807, 2.05) is 30.1 Å². The molecule has 2 heterocycles. The van der Waals surface area contributed by atoms with E-state index in [2.05, 4.69) is 27.8 Å². The van der Waals surface area contributed by atoms with E-state index in [1.54, 1.807) is 0 Å². The number of carbonyl (C=O) groups excluding carboxylic acids is 1. The minimum Gasteiger partial charge on any atom is -0.309 e. The Hall–Kier alpha value is -1.82. The topological polar surface area (TPSA) is 51.0 Å². The molecule has 0 bridgehead atoms. The highest BCUT2D eigenvalue weighted by Gasteiger charge is 2.30. The Morgan fingerprint density at radius 3 is 2.77 bits per heavy atom. The average molecular weight is 371 g/mol. The fourth-order valence-electron chi connectivity index (χ4n) is 4.31. The van der Waals surface area contributed by atoms with E-state index >= 15 is 0 Å². The van der Waals surface area contributed by atoms with Gasteiger partial charge in [0.1, 0.15) is 5.82 Å². The zero-order valence-electron chi connectivity index (χ0n) is 15.5. The minimum absolute atomic E-state index is 0.148. The molecule has 0 spiro atoms. The second kappa shape index (κ2) is 7.43. The van der Waals surface area contributed by atoms with Crippen molar-refractivity contribution >= 4 is 23.4 Å². The lowest BCUT2D eigenvalue weighted by Gasteiger charge is -2.22. The Morgan fingerprint density at radius 2 is 1.96 bits per heavy atom. The second-order valence-electron chi connectivity index (χ2n) is 7.47. The zero-order chi connectivity index (χ0) is 18.1. The van der Waals surface area contributed by atoms with Gasteiger partial charge < -0.3 is 9.47 Å². The molecule has 0 radical (unpaired) electrons. The maximum atomic E-state index is 12.9. The Labute approximate surface area is 159 Å². The van der Waals surface area contributed by atoms with Gasteiger partial charge in [-0.15, -0.1) is 10.2 Å². The molecule has 26 heavy (non-hydrogen) atoms. The van der Waals surface area contributed by atoms with Gasteiger partial charge in [-0.2, -0.15) is 0 Å². The molecule has 0 saturated heterocycles. The molecule has 1 saturated carbocycles. The van der Waals surface area contributed by atoms with Crippen molar-refractivity contribution in [2.75, 3.05) is 10.7 Å². The molecule has 5 nitrogen and oxygen atoms in total. The van der Waals surface area contributed by atoms with Crippen LogP contribution in [-0.2, 0) is 18.3 Å². The van der Waals surface area contributed by atoms with E-state index in [9.17, 15) is 4.79 Å². The zero-order valence-corrected chi connectivity index (χ0v) is 16.3. The molecule has 1 aliphatic carbocycles. The number of hydrogen-bond acceptors (Lipinski definition) is 4. The Balaban J connectivity index is 1.43. The Bertz CT molecular complexity index is 797. The molecule has 1 aromatic heterocycles. The van der Waals surface area contributed by atoms with Crippen LogP contribution in [0.5, 0.6) is 0 Å². The summed E-state index contributed by atoms with van der Waals surface area (Å²) in [5.41, 5.74) is 2.32. The van der Waals surface area contributed by atoms with Crippen molar-refractivity contribution in [2.24, 2.45) is 7.05 Å². The number of fused-ring (bicyclic) bond motifs is 1. The molecule has 2 aromatic rings. The first-order valence-corrected chi connectivity index (χ1v) is 10.6. The van der Waals surface area contributed by atoms with E-state index in [0.29, 0.717) is 11.7 Å². The van der Waals surface area contributed by atoms with Crippen molar-refractivity contribution in [3.05, 3.63) is 35.7 Å². The van der Waals surface area contributed by atoms with E-state index < -0.39 is 0 Å². The number of aromatic nitrogens is 3. The number of anilines is 1. The van der Waals surface area contributed by atoms with Gasteiger partial charge in [0.15, 0.2) is 5.16 Å². The molecular formula is C20H26N4OS. The van der Waals surface area contributed by atoms with Gasteiger partial charge in [-0.05, 0) is 37.8 Å². The summed E-state index contributed by atoms with van der Waals surface area (Å²) in [7, 11) is 2.03. The summed E-state index contributed by atoms with van der Waals surface area (Å²) in [4.78, 5) is 14.8. The minimum atomic E-state index is 0.148. The predicted molar refractivity (Wildman–Crippen MR) is 105 cm³/mol. The number of thioether (sulfide) groups is 1. The first kappa shape index (κ1) is 17.6. The van der Waals surface area contributed by atoms with Crippen LogP contribution in [0, 0.1) is 0 Å². The molecule has 0 unspecified atom stereocenters. The molecular weight excluding hydrogens is 344 g/mol. The van der Waals surface area contributed by atoms with Crippen molar-refractivity contribution in [2.45, 2.75) is 62.6 Å². The molecule has 1 amide bonds. The molecule has 1 aromatic carbocycles. The number of para-hydroxylation sites is 1. The van der Waals surface area contributed by atoms with Gasteiger partial charge in [0.2, 0.25) is 5.91 Å². The maximum Gasteiger partial charge on any atom is 0.237 e. The van der Waals surface area contributed by atoms with Crippen LogP contribution in [-0.4, -0.2) is 32.5 Å². The van der Waals surface area contributed by atoms with E-state index in [4.69, 9.17) is 0 Å². The second-order valence-corrected chi connectivity index (χ2v) is 8.41. The molecule has 6 heteroatoms. The van der Waals surface area contributed by atoms with Crippen LogP contribution in [0.2, 0.25) is 0 Å². The first-order chi connectivity index (χ1) is 12.6. The summed E-state index contributed by atoms with van der Waals surface area (Å²) in [6.45, 7) is 2.12. The van der Waals surface area contributed by atoms with Crippen LogP contribution in [0.1, 0.15) is 56.3 Å². The molecule has 0 N–H and O–H groups in total. The van der Waals surface area contributed by atoms with Gasteiger partial charge in [0, 0.05) is 24.7 Å². The summed E-state index contributed by atoms with van der Waals surface area (Å²) < 4.78 is 2.09. The number of nitrogens with zero attached hydrogens (tertiary/aromatic N) is 4. The van der Waals surface area contributed by atoms with Crippen LogP contribution >= 0.6 is 11.8 Å². The molecule has 2 aliphatic rings. The van der Waals surface area contributed by atoms with Crippen molar-refractivity contribution in [3.8, 4) is 0 Å². The molecule has 1 aliphatic heterocycles. The third-order valence-electron chi connectivity index (χ3n) is 5.64. The smallest absolute Gasteiger partial charge is 0.237 e. The molecule has 138 valence electrons. The predicted octanol–water partition coefficient (Wildman–Crippen LogP) is 3.93. The van der Waals surface area contributed by atoms with Gasteiger partial charge in [-0.25, -0.2) is 0 Å². The maximum absolute atomic E-state index is 12.9. The summed E-state index contributed by atoms with van der Waals surface area (Å²) in [5, 5.41) is 9.64. The fourth-order valence-corrected chi connectivity index (χ4v) is 5.09. The SMILES string of the molecule is C[C@H]1Cc2ccccc2N1C(=O)CSc1nnc(C2CCCCC2)n1C. The van der Waals surface area contributed by atoms with Gasteiger partial charge in [0.25, 0.3) is 0 Å². The van der Waals surface area contributed by atoms with Crippen molar-refractivity contribution < 1.29 is 4.79 Å². The largest absolute Gasteiger partial charge is 0.309 e. The van der Waals surface area contributed by atoms with Crippen molar-refractivity contribution in [3.63, 3.8) is 0 Å².